The summed E-state index contributed by atoms with van der Waals surface area (Å²) in [6, 6.07) is 13.7. The van der Waals surface area contributed by atoms with Crippen LogP contribution in [0, 0.1) is 0 Å². The number of para-hydroxylation sites is 1. The van der Waals surface area contributed by atoms with Gasteiger partial charge in [-0.25, -0.2) is 5.43 Å². The van der Waals surface area contributed by atoms with Crippen LogP contribution < -0.4 is 5.43 Å². The second kappa shape index (κ2) is 6.15. The molecule has 2 N–H and O–H groups in total. The fraction of sp³-hybridized carbons (Fsp3) is 0. The molecule has 0 aliphatic rings. The van der Waals surface area contributed by atoms with Crippen LogP contribution in [0.5, 0.6) is 5.75 Å². The molecule has 0 aliphatic carbocycles. The van der Waals surface area contributed by atoms with Crippen molar-refractivity contribution in [2.45, 2.75) is 0 Å². The number of benzene rings is 2. The third-order valence-electron chi connectivity index (χ3n) is 2.39. The van der Waals surface area contributed by atoms with Crippen LogP contribution in [0.15, 0.2) is 58.1 Å². The number of nitrogens with zero attached hydrogens (tertiary/aromatic N) is 1. The molecule has 0 aliphatic heterocycles. The van der Waals surface area contributed by atoms with E-state index in [2.05, 4.69) is 26.5 Å². The quantitative estimate of drug-likeness (QED) is 0.675. The van der Waals surface area contributed by atoms with Gasteiger partial charge in [0, 0.05) is 15.6 Å². The van der Waals surface area contributed by atoms with Crippen LogP contribution in [-0.2, 0) is 0 Å². The Morgan fingerprint density at radius 1 is 1.21 bits per heavy atom. The largest absolute Gasteiger partial charge is 0.507 e. The number of nitrogens with one attached hydrogen (secondary N) is 1. The maximum absolute atomic E-state index is 11.8. The summed E-state index contributed by atoms with van der Waals surface area (Å²) < 4.78 is 0.824. The molecule has 2 rings (SSSR count). The van der Waals surface area contributed by atoms with Gasteiger partial charge in [-0.05, 0) is 30.3 Å². The van der Waals surface area contributed by atoms with Gasteiger partial charge in [0.2, 0.25) is 0 Å². The lowest BCUT2D eigenvalue weighted by molar-refractivity contribution is 0.0955. The number of phenolic OH excluding ortho intramolecular Hbond substituents is 1. The van der Waals surface area contributed by atoms with E-state index >= 15 is 0 Å². The number of rotatable bonds is 3. The van der Waals surface area contributed by atoms with Crippen LogP contribution in [0.2, 0.25) is 0 Å². The molecule has 1 amide bonds. The summed E-state index contributed by atoms with van der Waals surface area (Å²) in [5.41, 5.74) is 3.44. The van der Waals surface area contributed by atoms with Crippen LogP contribution in [0.4, 0.5) is 0 Å². The second-order valence-corrected chi connectivity index (χ2v) is 4.68. The first-order valence-electron chi connectivity index (χ1n) is 5.54. The highest BCUT2D eigenvalue weighted by Crippen LogP contribution is 2.13. The minimum absolute atomic E-state index is 0.114. The molecule has 4 nitrogen and oxygen atoms in total. The Labute approximate surface area is 118 Å². The molecule has 0 fully saturated rings. The predicted molar refractivity (Wildman–Crippen MR) is 77.3 cm³/mol. The molecule has 0 bridgehead atoms. The summed E-state index contributed by atoms with van der Waals surface area (Å²) in [5, 5.41) is 13.3. The lowest BCUT2D eigenvalue weighted by atomic mass is 10.2. The monoisotopic (exact) mass is 318 g/mol. The van der Waals surface area contributed by atoms with Crippen molar-refractivity contribution >= 4 is 28.1 Å². The molecule has 0 radical (unpaired) electrons. The molecule has 0 spiro atoms. The molecule has 96 valence electrons. The molecule has 2 aromatic rings. The molecule has 0 saturated carbocycles. The number of hydrogen-bond donors (Lipinski definition) is 2. The Kier molecular flexibility index (Phi) is 4.30. The SMILES string of the molecule is O=C(N/N=C/c1ccccc1O)c1cccc(Br)c1. The standard InChI is InChI=1S/C14H11BrN2O2/c15-12-6-3-5-10(8-12)14(19)17-16-9-11-4-1-2-7-13(11)18/h1-9,18H,(H,17,19)/b16-9+. The Bertz CT molecular complexity index is 626. The smallest absolute Gasteiger partial charge is 0.271 e. The Morgan fingerprint density at radius 2 is 2.00 bits per heavy atom. The highest BCUT2D eigenvalue weighted by atomic mass is 79.9. The van der Waals surface area contributed by atoms with Crippen molar-refractivity contribution in [3.8, 4) is 5.75 Å². The molecule has 2 aromatic carbocycles. The van der Waals surface area contributed by atoms with Crippen molar-refractivity contribution in [2.24, 2.45) is 5.10 Å². The minimum atomic E-state index is -0.312. The number of aromatic hydroxyl groups is 1. The number of phenols is 1. The normalized spacial score (nSPS) is 10.6. The summed E-state index contributed by atoms with van der Waals surface area (Å²) >= 11 is 3.29. The first-order chi connectivity index (χ1) is 9.16. The van der Waals surface area contributed by atoms with Crippen molar-refractivity contribution in [1.29, 1.82) is 0 Å². The average molecular weight is 319 g/mol. The van der Waals surface area contributed by atoms with Gasteiger partial charge < -0.3 is 5.11 Å². The van der Waals surface area contributed by atoms with Gasteiger partial charge >= 0.3 is 0 Å². The second-order valence-electron chi connectivity index (χ2n) is 3.77. The molecule has 0 heterocycles. The predicted octanol–water partition coefficient (Wildman–Crippen LogP) is 2.92. The third-order valence-corrected chi connectivity index (χ3v) is 2.89. The van der Waals surface area contributed by atoms with E-state index in [0.717, 1.165) is 4.47 Å². The number of carbonyl (C=O) groups excluding carboxylic acids is 1. The Morgan fingerprint density at radius 3 is 2.74 bits per heavy atom. The fourth-order valence-corrected chi connectivity index (χ4v) is 1.85. The number of halogens is 1. The van der Waals surface area contributed by atoms with Gasteiger partial charge in [0.05, 0.1) is 6.21 Å². The van der Waals surface area contributed by atoms with Crippen LogP contribution >= 0.6 is 15.9 Å². The fourth-order valence-electron chi connectivity index (χ4n) is 1.45. The van der Waals surface area contributed by atoms with Crippen LogP contribution in [0.25, 0.3) is 0 Å². The summed E-state index contributed by atoms with van der Waals surface area (Å²) in [7, 11) is 0. The summed E-state index contributed by atoms with van der Waals surface area (Å²) in [6.45, 7) is 0. The van der Waals surface area contributed by atoms with Gasteiger partial charge in [0.25, 0.3) is 5.91 Å². The van der Waals surface area contributed by atoms with E-state index in [0.29, 0.717) is 11.1 Å². The van der Waals surface area contributed by atoms with E-state index in [9.17, 15) is 9.90 Å². The van der Waals surface area contributed by atoms with Crippen LogP contribution in [0.3, 0.4) is 0 Å². The van der Waals surface area contributed by atoms with Gasteiger partial charge in [-0.3, -0.25) is 4.79 Å². The molecular formula is C14H11BrN2O2. The van der Waals surface area contributed by atoms with Crippen molar-refractivity contribution < 1.29 is 9.90 Å². The molecule has 0 aromatic heterocycles. The average Bonchev–Trinajstić information content (AvgIpc) is 2.41. The lowest BCUT2D eigenvalue weighted by Crippen LogP contribution is -2.17. The zero-order chi connectivity index (χ0) is 13.7. The van der Waals surface area contributed by atoms with Crippen molar-refractivity contribution in [3.05, 3.63) is 64.1 Å². The van der Waals surface area contributed by atoms with E-state index in [-0.39, 0.29) is 11.7 Å². The third kappa shape index (κ3) is 3.66. The summed E-state index contributed by atoms with van der Waals surface area (Å²) in [6.07, 6.45) is 1.39. The number of hydrazone groups is 1. The van der Waals surface area contributed by atoms with Gasteiger partial charge in [0.1, 0.15) is 5.75 Å². The summed E-state index contributed by atoms with van der Waals surface area (Å²) in [5.74, 6) is -0.198. The van der Waals surface area contributed by atoms with E-state index < -0.39 is 0 Å². The van der Waals surface area contributed by atoms with Crippen molar-refractivity contribution in [3.63, 3.8) is 0 Å². The number of hydrogen-bond acceptors (Lipinski definition) is 3. The van der Waals surface area contributed by atoms with Crippen LogP contribution in [0.1, 0.15) is 15.9 Å². The van der Waals surface area contributed by atoms with E-state index in [1.54, 1.807) is 42.5 Å². The summed E-state index contributed by atoms with van der Waals surface area (Å²) in [4.78, 5) is 11.8. The van der Waals surface area contributed by atoms with Crippen molar-refractivity contribution in [2.75, 3.05) is 0 Å². The molecule has 5 heteroatoms. The first kappa shape index (κ1) is 13.3. The molecule has 19 heavy (non-hydrogen) atoms. The van der Waals surface area contributed by atoms with E-state index in [1.807, 2.05) is 6.07 Å². The molecule has 0 atom stereocenters. The van der Waals surface area contributed by atoms with E-state index in [4.69, 9.17) is 0 Å². The maximum atomic E-state index is 11.8. The molecule has 0 unspecified atom stereocenters. The first-order valence-corrected chi connectivity index (χ1v) is 6.33. The number of carbonyl (C=O) groups is 1. The molecular weight excluding hydrogens is 308 g/mol. The maximum Gasteiger partial charge on any atom is 0.271 e. The van der Waals surface area contributed by atoms with Gasteiger partial charge in [0.15, 0.2) is 0 Å². The Hall–Kier alpha value is -2.14. The Balaban J connectivity index is 2.03. The number of amides is 1. The highest BCUT2D eigenvalue weighted by Gasteiger charge is 2.03. The minimum Gasteiger partial charge on any atom is -0.507 e. The highest BCUT2D eigenvalue weighted by molar-refractivity contribution is 9.10. The lowest BCUT2D eigenvalue weighted by Gasteiger charge is -2.00. The molecule has 0 saturated heterocycles. The van der Waals surface area contributed by atoms with E-state index in [1.165, 1.54) is 6.21 Å². The van der Waals surface area contributed by atoms with Crippen molar-refractivity contribution in [1.82, 2.24) is 5.43 Å². The zero-order valence-electron chi connectivity index (χ0n) is 9.88. The van der Waals surface area contributed by atoms with Crippen LogP contribution in [-0.4, -0.2) is 17.2 Å². The topological polar surface area (TPSA) is 61.7 Å². The van der Waals surface area contributed by atoms with Gasteiger partial charge in [-0.2, -0.15) is 5.10 Å². The van der Waals surface area contributed by atoms with Gasteiger partial charge in [-0.15, -0.1) is 0 Å². The van der Waals surface area contributed by atoms with Gasteiger partial charge in [-0.1, -0.05) is 34.1 Å². The zero-order valence-corrected chi connectivity index (χ0v) is 11.5.